The van der Waals surface area contributed by atoms with Gasteiger partial charge in [0.25, 0.3) is 0 Å². The molecular formula is C41H54N6O9Re+2. The van der Waals surface area contributed by atoms with Crippen molar-refractivity contribution >= 4 is 36.4 Å². The van der Waals surface area contributed by atoms with Crippen LogP contribution in [-0.2, 0) is 73.4 Å². The molecule has 16 heteroatoms. The number of quaternary nitrogens is 1. The minimum atomic E-state index is -1.12. The zero-order chi connectivity index (χ0) is 41.2. The fraction of sp³-hybridized carbons (Fsp3) is 0.439. The molecule has 0 fully saturated rings. The molecule has 1 radical (unpaired) electrons. The van der Waals surface area contributed by atoms with Gasteiger partial charge in [-0.15, -0.1) is 4.57 Å². The van der Waals surface area contributed by atoms with Crippen molar-refractivity contribution < 1.29 is 73.1 Å². The fourth-order valence-electron chi connectivity index (χ4n) is 6.28. The van der Waals surface area contributed by atoms with Crippen molar-refractivity contribution in [3.05, 3.63) is 102 Å². The van der Waals surface area contributed by atoms with Crippen LogP contribution in [0.15, 0.2) is 73.1 Å². The number of benzene rings is 1. The average molecular weight is 961 g/mol. The Balaban J connectivity index is 0.00000533. The molecule has 0 aliphatic heterocycles. The van der Waals surface area contributed by atoms with E-state index in [0.29, 0.717) is 26.2 Å². The van der Waals surface area contributed by atoms with Crippen LogP contribution in [0, 0.1) is 13.6 Å². The van der Waals surface area contributed by atoms with Gasteiger partial charge >= 0.3 is 36.1 Å². The molecule has 57 heavy (non-hydrogen) atoms. The molecule has 1 aromatic carbocycles. The molecule has 2 aromatic heterocycles. The molecule has 15 nitrogen and oxygen atoms in total. The van der Waals surface area contributed by atoms with Crippen molar-refractivity contribution in [1.82, 2.24) is 20.1 Å². The molecule has 1 unspecified atom stereocenters. The summed E-state index contributed by atoms with van der Waals surface area (Å²) in [6, 6.07) is 18.6. The van der Waals surface area contributed by atoms with Crippen LogP contribution in [-0.4, -0.2) is 118 Å². The van der Waals surface area contributed by atoms with E-state index in [-0.39, 0.29) is 75.7 Å². The summed E-state index contributed by atoms with van der Waals surface area (Å²) in [6.07, 6.45) is 10.5. The van der Waals surface area contributed by atoms with Crippen molar-refractivity contribution in [2.75, 3.05) is 52.4 Å². The fourth-order valence-corrected chi connectivity index (χ4v) is 6.28. The van der Waals surface area contributed by atoms with E-state index >= 15 is 0 Å². The summed E-state index contributed by atoms with van der Waals surface area (Å²) in [5.74, 6) is -2.71. The maximum absolute atomic E-state index is 12.7. The van der Waals surface area contributed by atoms with Gasteiger partial charge in [0.05, 0.1) is 38.4 Å². The molecule has 2 amide bonds. The molecule has 0 saturated carbocycles. The number of aromatic nitrogens is 2. The minimum absolute atomic E-state index is 0. The van der Waals surface area contributed by atoms with Gasteiger partial charge in [0.2, 0.25) is 11.6 Å². The van der Waals surface area contributed by atoms with Crippen LogP contribution in [0.2, 0.25) is 0 Å². The molecule has 0 saturated heterocycles. The third kappa shape index (κ3) is 20.8. The predicted molar refractivity (Wildman–Crippen MR) is 204 cm³/mol. The number of nitrogens with one attached hydrogen (secondary N) is 1. The number of aliphatic carboxylic acids is 2. The molecule has 0 aliphatic carbocycles. The molecule has 3 aromatic rings. The largest absolute Gasteiger partial charge is 0 e. The summed E-state index contributed by atoms with van der Waals surface area (Å²) in [4.78, 5) is 79.9. The number of hydrogen-bond acceptors (Lipinski definition) is 9. The second-order valence-electron chi connectivity index (χ2n) is 13.8. The number of carboxylic acid groups (broad SMARTS) is 2. The number of unbranched alkanes of at least 4 members (excludes halogenated alkanes) is 5. The molecule has 0 aliphatic rings. The van der Waals surface area contributed by atoms with E-state index in [9.17, 15) is 39.0 Å². The zero-order valence-corrected chi connectivity index (χ0v) is 35.2. The van der Waals surface area contributed by atoms with Crippen LogP contribution in [0.25, 0.3) is 0 Å². The Morgan fingerprint density at radius 3 is 2.02 bits per heavy atom. The number of ketones is 1. The van der Waals surface area contributed by atoms with Crippen LogP contribution in [0.4, 0.5) is 0 Å². The smallest absolute Gasteiger partial charge is 0 e. The molecule has 1 atom stereocenters. The SMILES string of the molecule is Cc1ccc(CC(=O)CN(CCN(CC(=O)O)CC(=O)NCCCCCCCC[N+](C=O)(Cc2ccccn2)Cc2cccc[n+]2C=O)CC(=O)O)cc1.[C-]#[O+].[Re]. The summed E-state index contributed by atoms with van der Waals surface area (Å²) in [5.41, 5.74) is 3.43. The van der Waals surface area contributed by atoms with Gasteiger partial charge in [0, 0.05) is 64.8 Å². The Kier molecular flexibility index (Phi) is 25.2. The third-order valence-electron chi connectivity index (χ3n) is 9.09. The standard InChI is InChI=1S/C40H52N6O8.CO.Re/c1-33-14-16-34(17-15-33)24-37(49)25-43(27-39(51)52)21-22-44(28-40(53)54)26-38(50)42-19-8-4-2-3-5-11-23-46(32-48,29-35-12-6-9-18-41-35)30-36-13-7-10-20-45(36)31-47;1-2;/h6-7,9-10,12-18,20,31-32H,2-5,8,11,19,21-30H2,1H3,(H-2,42,50,51,52,53,54);;/p+2. The van der Waals surface area contributed by atoms with Crippen LogP contribution >= 0.6 is 0 Å². The molecule has 2 heterocycles. The number of nitrogens with zero attached hydrogens (tertiary/aromatic N) is 5. The number of carbonyl (C=O) groups is 6. The Morgan fingerprint density at radius 1 is 0.807 bits per heavy atom. The quantitative estimate of drug-likeness (QED) is 0.0242. The van der Waals surface area contributed by atoms with Gasteiger partial charge in [0.1, 0.15) is 6.54 Å². The number of carboxylic acids is 2. The molecule has 0 bridgehead atoms. The Morgan fingerprint density at radius 2 is 1.42 bits per heavy atom. The monoisotopic (exact) mass is 961 g/mol. The van der Waals surface area contributed by atoms with Gasteiger partial charge in [-0.05, 0) is 49.9 Å². The van der Waals surface area contributed by atoms with Crippen LogP contribution < -0.4 is 9.88 Å². The Hall–Kier alpha value is -4.78. The van der Waals surface area contributed by atoms with Crippen molar-refractivity contribution in [2.24, 2.45) is 0 Å². The van der Waals surface area contributed by atoms with E-state index in [1.165, 1.54) is 14.4 Å². The van der Waals surface area contributed by atoms with E-state index in [2.05, 4.69) is 17.0 Å². The van der Waals surface area contributed by atoms with Crippen LogP contribution in [0.1, 0.15) is 61.0 Å². The number of pyridine rings is 2. The minimum Gasteiger partial charge on any atom is 0 e. The van der Waals surface area contributed by atoms with Crippen molar-refractivity contribution in [3.63, 3.8) is 0 Å². The van der Waals surface area contributed by atoms with E-state index in [4.69, 9.17) is 4.65 Å². The first-order chi connectivity index (χ1) is 27.0. The van der Waals surface area contributed by atoms with Gasteiger partial charge in [0.15, 0.2) is 18.5 Å². The van der Waals surface area contributed by atoms with Crippen LogP contribution in [0.5, 0.6) is 0 Å². The molecule has 307 valence electrons. The Bertz CT molecular complexity index is 1710. The first-order valence-electron chi connectivity index (χ1n) is 18.6. The molecule has 3 rings (SSSR count). The number of amides is 2. The van der Waals surface area contributed by atoms with Crippen molar-refractivity contribution in [2.45, 2.75) is 65.0 Å². The van der Waals surface area contributed by atoms with E-state index in [1.54, 1.807) is 18.5 Å². The number of carbonyl (C=O) groups excluding carboxylic acids is 4. The topological polar surface area (TPSA) is 198 Å². The van der Waals surface area contributed by atoms with Gasteiger partial charge < -0.3 is 15.5 Å². The van der Waals surface area contributed by atoms with Crippen molar-refractivity contribution in [3.8, 4) is 0 Å². The molecular weight excluding hydrogens is 907 g/mol. The summed E-state index contributed by atoms with van der Waals surface area (Å²) < 4.78 is 9.11. The summed E-state index contributed by atoms with van der Waals surface area (Å²) in [7, 11) is 0. The van der Waals surface area contributed by atoms with Crippen molar-refractivity contribution in [1.29, 1.82) is 0 Å². The maximum Gasteiger partial charge on any atom is 0 e. The van der Waals surface area contributed by atoms with Gasteiger partial charge in [-0.25, -0.2) is 14.1 Å². The first kappa shape index (κ1) is 50.2. The summed E-state index contributed by atoms with van der Waals surface area (Å²) >= 11 is 0. The van der Waals surface area contributed by atoms with Gasteiger partial charge in [-0.3, -0.25) is 34.0 Å². The molecule has 3 N–H and O–H groups in total. The van der Waals surface area contributed by atoms with E-state index in [0.717, 1.165) is 73.9 Å². The van der Waals surface area contributed by atoms with Gasteiger partial charge in [-0.1, -0.05) is 55.2 Å². The number of aryl methyl sites for hydroxylation is 1. The Labute approximate surface area is 348 Å². The number of hydrogen-bond donors (Lipinski definition) is 3. The second kappa shape index (κ2) is 28.6. The van der Waals surface area contributed by atoms with Crippen LogP contribution in [0.3, 0.4) is 0 Å². The van der Waals surface area contributed by atoms with E-state index in [1.807, 2.05) is 61.5 Å². The summed E-state index contributed by atoms with van der Waals surface area (Å²) in [6.45, 7) is 7.38. The first-order valence-corrected chi connectivity index (χ1v) is 18.6. The number of Topliss-reactive ketones (excluding diaryl/α,β-unsaturated/α-hetero) is 1. The average Bonchev–Trinajstić information content (AvgIpc) is 3.18. The predicted octanol–water partition coefficient (Wildman–Crippen LogP) is 2.39. The van der Waals surface area contributed by atoms with E-state index < -0.39 is 18.5 Å². The molecule has 0 spiro atoms. The zero-order valence-electron chi connectivity index (χ0n) is 32.5. The maximum atomic E-state index is 12.7. The summed E-state index contributed by atoms with van der Waals surface area (Å²) in [5, 5.41) is 21.6. The normalized spacial score (nSPS) is 11.7. The second-order valence-corrected chi connectivity index (χ2v) is 13.8. The van der Waals surface area contributed by atoms with Gasteiger partial charge in [-0.2, -0.15) is 0 Å². The third-order valence-corrected chi connectivity index (χ3v) is 9.09. The number of rotatable bonds is 28.